The number of ketones is 1. The van der Waals surface area contributed by atoms with Crippen LogP contribution in [0.3, 0.4) is 0 Å². The Morgan fingerprint density at radius 1 is 1.16 bits per heavy atom. The smallest absolute Gasteiger partial charge is 0.499 e. The van der Waals surface area contributed by atoms with Crippen molar-refractivity contribution in [1.29, 1.82) is 0 Å². The molecule has 1 aliphatic heterocycles. The highest BCUT2D eigenvalue weighted by Gasteiger charge is 2.42. The number of nitrogens with zero attached hydrogens (tertiary/aromatic N) is 3. The second-order valence-corrected chi connectivity index (χ2v) is 10.1. The largest absolute Gasteiger partial charge is 0.602 e. The van der Waals surface area contributed by atoms with Gasteiger partial charge in [0.15, 0.2) is 5.78 Å². The molecule has 1 aliphatic rings. The summed E-state index contributed by atoms with van der Waals surface area (Å²) in [4.78, 5) is 61.6. The van der Waals surface area contributed by atoms with Crippen molar-refractivity contribution in [2.24, 2.45) is 5.92 Å². The maximum absolute atomic E-state index is 13.7. The lowest BCUT2D eigenvalue weighted by molar-refractivity contribution is -0.142. The second-order valence-electron chi connectivity index (χ2n) is 10.1. The van der Waals surface area contributed by atoms with E-state index in [1.165, 1.54) is 18.6 Å². The molecule has 0 unspecified atom stereocenters. The molecular weight excluding hydrogens is 487 g/mol. The highest BCUT2D eigenvalue weighted by molar-refractivity contribution is 6.51. The lowest BCUT2D eigenvalue weighted by Gasteiger charge is -2.26. The third kappa shape index (κ3) is 8.48. The third-order valence-corrected chi connectivity index (χ3v) is 6.55. The van der Waals surface area contributed by atoms with E-state index in [0.717, 1.165) is 5.56 Å². The maximum atomic E-state index is 13.7. The van der Waals surface area contributed by atoms with Crippen LogP contribution in [0.5, 0.6) is 0 Å². The van der Waals surface area contributed by atoms with Gasteiger partial charge in [0.1, 0.15) is 11.7 Å². The summed E-state index contributed by atoms with van der Waals surface area (Å²) in [6.45, 7) is 6.01. The first-order valence-electron chi connectivity index (χ1n) is 12.9. The van der Waals surface area contributed by atoms with Crippen LogP contribution < -0.4 is 5.32 Å². The molecule has 10 nitrogen and oxygen atoms in total. The molecule has 0 bridgehead atoms. The average Bonchev–Trinajstić information content (AvgIpc) is 2.94. The first-order valence-corrected chi connectivity index (χ1v) is 12.9. The topological polar surface area (TPSA) is 128 Å². The van der Waals surface area contributed by atoms with Gasteiger partial charge in [0.25, 0.3) is 11.9 Å². The zero-order valence-electron chi connectivity index (χ0n) is 22.3. The summed E-state index contributed by atoms with van der Waals surface area (Å²) < 4.78 is 11.2. The molecule has 1 aromatic heterocycles. The normalized spacial score (nSPS) is 18.4. The summed E-state index contributed by atoms with van der Waals surface area (Å²) in [5.74, 6) is -2.27. The van der Waals surface area contributed by atoms with E-state index >= 15 is 0 Å². The Kier molecular flexibility index (Phi) is 10.5. The molecule has 0 aliphatic carbocycles. The molecule has 0 spiro atoms. The van der Waals surface area contributed by atoms with Gasteiger partial charge in [0.05, 0.1) is 18.7 Å². The van der Waals surface area contributed by atoms with Crippen molar-refractivity contribution in [2.45, 2.75) is 64.4 Å². The number of carbonyl (C=O) groups is 4. The lowest BCUT2D eigenvalue weighted by Crippen LogP contribution is -2.45. The molecule has 11 heteroatoms. The zero-order valence-corrected chi connectivity index (χ0v) is 22.3. The van der Waals surface area contributed by atoms with Gasteiger partial charge in [-0.3, -0.25) is 29.1 Å². The van der Waals surface area contributed by atoms with Gasteiger partial charge < -0.3 is 14.6 Å². The molecule has 1 fully saturated rings. The summed E-state index contributed by atoms with van der Waals surface area (Å²) in [6, 6.07) is 7.89. The molecule has 0 radical (unpaired) electrons. The molecule has 1 N–H and O–H groups in total. The Balaban J connectivity index is 1.85. The minimum Gasteiger partial charge on any atom is -0.499 e. The molecule has 0 saturated carbocycles. The van der Waals surface area contributed by atoms with Gasteiger partial charge in [-0.25, -0.2) is 4.98 Å². The Morgan fingerprint density at radius 2 is 1.89 bits per heavy atom. The van der Waals surface area contributed by atoms with E-state index in [9.17, 15) is 19.2 Å². The van der Waals surface area contributed by atoms with Crippen molar-refractivity contribution >= 4 is 30.7 Å². The highest BCUT2D eigenvalue weighted by atomic mass is 16.6. The van der Waals surface area contributed by atoms with Gasteiger partial charge >= 0.3 is 13.1 Å². The average molecular weight is 522 g/mol. The Labute approximate surface area is 223 Å². The predicted molar refractivity (Wildman–Crippen MR) is 141 cm³/mol. The van der Waals surface area contributed by atoms with Crippen LogP contribution in [0.2, 0.25) is 5.82 Å². The number of likely N-dealkylation sites (N-methyl/N-ethyl adjacent to an activating group) is 1. The standard InChI is InChI=1S/C27H35BN4O6/c1-18(2)14-21(28-37-25(34)10-13-32(4)19(3)27(36)38-28)16-24(33)22(15-20-8-6-5-7-9-20)31-26(35)23-17-29-11-12-30-23/h5-9,11-12,17-19,21-22H,10,13-16H2,1-4H3,(H,31,35)/t19-,21-,22+/m1/s1. The number of hydrogen-bond donors (Lipinski definition) is 1. The van der Waals surface area contributed by atoms with E-state index in [0.29, 0.717) is 13.0 Å². The fraction of sp³-hybridized carbons (Fsp3) is 0.481. The molecule has 3 atom stereocenters. The molecule has 1 saturated heterocycles. The quantitative estimate of drug-likeness (QED) is 0.468. The van der Waals surface area contributed by atoms with Crippen molar-refractivity contribution in [1.82, 2.24) is 20.2 Å². The molecule has 202 valence electrons. The number of aromatic nitrogens is 2. The van der Waals surface area contributed by atoms with Gasteiger partial charge in [0, 0.05) is 31.2 Å². The van der Waals surface area contributed by atoms with Crippen LogP contribution in [0.1, 0.15) is 56.1 Å². The fourth-order valence-corrected chi connectivity index (χ4v) is 4.30. The van der Waals surface area contributed by atoms with Crippen molar-refractivity contribution in [3.8, 4) is 0 Å². The number of rotatable bonds is 10. The van der Waals surface area contributed by atoms with E-state index < -0.39 is 42.9 Å². The minimum absolute atomic E-state index is 0.0636. The van der Waals surface area contributed by atoms with Gasteiger partial charge in [-0.1, -0.05) is 44.2 Å². The number of benzene rings is 1. The van der Waals surface area contributed by atoms with Crippen molar-refractivity contribution in [2.75, 3.05) is 13.6 Å². The summed E-state index contributed by atoms with van der Waals surface area (Å²) in [5, 5.41) is 2.79. The van der Waals surface area contributed by atoms with Crippen LogP contribution in [0.25, 0.3) is 0 Å². The van der Waals surface area contributed by atoms with Gasteiger partial charge in [-0.15, -0.1) is 0 Å². The molecule has 2 aromatic rings. The van der Waals surface area contributed by atoms with Crippen LogP contribution in [0, 0.1) is 5.92 Å². The summed E-state index contributed by atoms with van der Waals surface area (Å²) in [7, 11) is 0.534. The van der Waals surface area contributed by atoms with E-state index in [-0.39, 0.29) is 36.7 Å². The van der Waals surface area contributed by atoms with Crippen molar-refractivity contribution < 1.29 is 28.5 Å². The summed E-state index contributed by atoms with van der Waals surface area (Å²) in [6.07, 6.45) is 4.95. The Morgan fingerprint density at radius 3 is 2.55 bits per heavy atom. The lowest BCUT2D eigenvalue weighted by atomic mass is 9.64. The van der Waals surface area contributed by atoms with E-state index in [1.807, 2.05) is 44.2 Å². The third-order valence-electron chi connectivity index (χ3n) is 6.55. The molecular formula is C27H35BN4O6. The molecule has 1 aromatic carbocycles. The van der Waals surface area contributed by atoms with Gasteiger partial charge in [0.2, 0.25) is 0 Å². The first kappa shape index (κ1) is 29.0. The fourth-order valence-electron chi connectivity index (χ4n) is 4.30. The van der Waals surface area contributed by atoms with E-state index in [4.69, 9.17) is 9.31 Å². The highest BCUT2D eigenvalue weighted by Crippen LogP contribution is 2.29. The van der Waals surface area contributed by atoms with Gasteiger partial charge in [-0.05, 0) is 38.3 Å². The monoisotopic (exact) mass is 522 g/mol. The van der Waals surface area contributed by atoms with Crippen LogP contribution in [-0.2, 0) is 30.1 Å². The molecule has 3 rings (SSSR count). The first-order chi connectivity index (χ1) is 18.1. The Hall–Kier alpha value is -3.60. The number of amides is 1. The van der Waals surface area contributed by atoms with E-state index in [1.54, 1.807) is 18.9 Å². The van der Waals surface area contributed by atoms with E-state index in [2.05, 4.69) is 15.3 Å². The predicted octanol–water partition coefficient (Wildman–Crippen LogP) is 2.49. The van der Waals surface area contributed by atoms with Gasteiger partial charge in [-0.2, -0.15) is 0 Å². The van der Waals surface area contributed by atoms with Crippen LogP contribution in [0.4, 0.5) is 0 Å². The Bertz CT molecular complexity index is 1100. The molecule has 1 amide bonds. The second kappa shape index (κ2) is 13.8. The number of hydrogen-bond acceptors (Lipinski definition) is 9. The SMILES string of the molecule is CC(C)C[C@H](CC(=O)[C@H](Cc1ccccc1)NC(=O)c1cnccn1)B1OC(=O)CCN(C)[C@H](C)C(=O)O1. The minimum atomic E-state index is -1.21. The molecule has 2 heterocycles. The number of Topliss-reactive ketones (excluding diaryl/α,β-unsaturated/α-hetero) is 1. The molecule has 38 heavy (non-hydrogen) atoms. The number of carbonyl (C=O) groups excluding carboxylic acids is 4. The zero-order chi connectivity index (χ0) is 27.7. The number of nitrogens with one attached hydrogen (secondary N) is 1. The van der Waals surface area contributed by atoms with Crippen LogP contribution in [-0.4, -0.2) is 71.3 Å². The van der Waals surface area contributed by atoms with Crippen LogP contribution >= 0.6 is 0 Å². The summed E-state index contributed by atoms with van der Waals surface area (Å²) in [5.41, 5.74) is 0.956. The van der Waals surface area contributed by atoms with Crippen LogP contribution in [0.15, 0.2) is 48.9 Å². The maximum Gasteiger partial charge on any atom is 0.602 e. The van der Waals surface area contributed by atoms with Crippen molar-refractivity contribution in [3.05, 3.63) is 60.2 Å². The summed E-state index contributed by atoms with van der Waals surface area (Å²) >= 11 is 0. The van der Waals surface area contributed by atoms with Crippen molar-refractivity contribution in [3.63, 3.8) is 0 Å².